The Labute approximate surface area is 150 Å². The lowest BCUT2D eigenvalue weighted by molar-refractivity contribution is -0.123. The molecule has 25 heavy (non-hydrogen) atoms. The maximum absolute atomic E-state index is 12.0. The van der Waals surface area contributed by atoms with E-state index in [9.17, 15) is 9.59 Å². The van der Waals surface area contributed by atoms with Crippen molar-refractivity contribution in [3.05, 3.63) is 35.0 Å². The first-order valence-electron chi connectivity index (χ1n) is 7.46. The Bertz CT molecular complexity index is 748. The summed E-state index contributed by atoms with van der Waals surface area (Å²) in [7, 11) is 1.49. The number of benzene rings is 1. The van der Waals surface area contributed by atoms with Crippen molar-refractivity contribution < 1.29 is 19.1 Å². The molecular formula is C16H20N4O4S. The fourth-order valence-corrected chi connectivity index (χ4v) is 2.85. The molecule has 0 radical (unpaired) electrons. The quantitative estimate of drug-likeness (QED) is 0.249. The van der Waals surface area contributed by atoms with Crippen molar-refractivity contribution in [2.75, 3.05) is 13.7 Å². The van der Waals surface area contributed by atoms with Gasteiger partial charge in [-0.3, -0.25) is 15.0 Å². The lowest BCUT2D eigenvalue weighted by Crippen LogP contribution is -2.44. The number of hydrogen-bond acceptors (Lipinski definition) is 6. The van der Waals surface area contributed by atoms with Crippen LogP contribution in [-0.4, -0.2) is 30.5 Å². The normalized spacial score (nSPS) is 16.6. The van der Waals surface area contributed by atoms with Gasteiger partial charge < -0.3 is 20.1 Å². The number of hydrazine groups is 1. The number of hydrogen-bond donors (Lipinski definition) is 4. The van der Waals surface area contributed by atoms with Crippen LogP contribution in [0.25, 0.3) is 0 Å². The molecule has 1 aromatic carbocycles. The maximum atomic E-state index is 12.0. The van der Waals surface area contributed by atoms with Crippen LogP contribution in [0.2, 0.25) is 0 Å². The van der Waals surface area contributed by atoms with Crippen LogP contribution in [0.5, 0.6) is 11.5 Å². The highest BCUT2D eigenvalue weighted by atomic mass is 32.1. The minimum Gasteiger partial charge on any atom is -0.493 e. The van der Waals surface area contributed by atoms with Gasteiger partial charge in [-0.15, -0.1) is 0 Å². The number of carbonyl (C=O) groups is 2. The molecule has 1 aliphatic rings. The molecule has 0 aliphatic carbocycles. The number of amides is 1. The van der Waals surface area contributed by atoms with Crippen LogP contribution in [0.15, 0.2) is 29.5 Å². The first-order chi connectivity index (χ1) is 11.9. The zero-order valence-electron chi connectivity index (χ0n) is 14.1. The third-order valence-corrected chi connectivity index (χ3v) is 3.91. The van der Waals surface area contributed by atoms with Gasteiger partial charge in [0.25, 0.3) is 5.91 Å². The van der Waals surface area contributed by atoms with E-state index in [1.807, 2.05) is 5.43 Å². The molecule has 1 unspecified atom stereocenters. The molecule has 0 bridgehead atoms. The second kappa shape index (κ2) is 7.95. The highest BCUT2D eigenvalue weighted by Crippen LogP contribution is 2.34. The van der Waals surface area contributed by atoms with E-state index in [4.69, 9.17) is 27.5 Å². The lowest BCUT2D eigenvalue weighted by Gasteiger charge is -2.30. The van der Waals surface area contributed by atoms with E-state index in [0.29, 0.717) is 27.9 Å². The Hall–Kier alpha value is -2.65. The predicted molar refractivity (Wildman–Crippen MR) is 95.8 cm³/mol. The summed E-state index contributed by atoms with van der Waals surface area (Å²) in [6.07, 6.45) is 0. The van der Waals surface area contributed by atoms with Crippen molar-refractivity contribution in [2.45, 2.75) is 19.9 Å². The molecule has 1 atom stereocenters. The number of thiocarbonyl (C=S) groups is 1. The zero-order chi connectivity index (χ0) is 18.6. The van der Waals surface area contributed by atoms with E-state index < -0.39 is 11.9 Å². The van der Waals surface area contributed by atoms with Crippen LogP contribution >= 0.6 is 12.2 Å². The predicted octanol–water partition coefficient (Wildman–Crippen LogP) is 0.446. The molecule has 9 heteroatoms. The first kappa shape index (κ1) is 18.7. The molecule has 2 rings (SSSR count). The Kier molecular flexibility index (Phi) is 5.94. The molecule has 1 heterocycles. The molecule has 5 N–H and O–H groups in total. The highest BCUT2D eigenvalue weighted by Gasteiger charge is 2.28. The summed E-state index contributed by atoms with van der Waals surface area (Å²) in [6, 6.07) is 4.77. The van der Waals surface area contributed by atoms with Crippen LogP contribution in [0.3, 0.4) is 0 Å². The summed E-state index contributed by atoms with van der Waals surface area (Å²) in [4.78, 5) is 23.3. The number of ketones is 1. The lowest BCUT2D eigenvalue weighted by atomic mass is 9.93. The smallest absolute Gasteiger partial charge is 0.271 e. The van der Waals surface area contributed by atoms with Crippen molar-refractivity contribution in [1.82, 2.24) is 16.1 Å². The van der Waals surface area contributed by atoms with Gasteiger partial charge in [-0.1, -0.05) is 6.07 Å². The topological polar surface area (TPSA) is 115 Å². The molecule has 0 fully saturated rings. The van der Waals surface area contributed by atoms with Crippen molar-refractivity contribution in [1.29, 1.82) is 0 Å². The van der Waals surface area contributed by atoms with E-state index >= 15 is 0 Å². The molecule has 0 spiro atoms. The number of allylic oxidation sites excluding steroid dienone is 1. The number of nitrogens with two attached hydrogens (primary N) is 1. The van der Waals surface area contributed by atoms with Crippen LogP contribution in [0.4, 0.5) is 0 Å². The van der Waals surface area contributed by atoms with Gasteiger partial charge >= 0.3 is 0 Å². The summed E-state index contributed by atoms with van der Waals surface area (Å²) in [5.41, 5.74) is 4.06. The summed E-state index contributed by atoms with van der Waals surface area (Å²) in [5, 5.41) is 6.48. The van der Waals surface area contributed by atoms with Gasteiger partial charge in [-0.2, -0.15) is 0 Å². The van der Waals surface area contributed by atoms with Gasteiger partial charge in [0.15, 0.2) is 29.0 Å². The van der Waals surface area contributed by atoms with Crippen LogP contribution in [0.1, 0.15) is 25.5 Å². The summed E-state index contributed by atoms with van der Waals surface area (Å²) in [5.74, 6) is 5.30. The number of methoxy groups -OCH3 is 1. The van der Waals surface area contributed by atoms with Crippen LogP contribution in [0, 0.1) is 0 Å². The first-order valence-corrected chi connectivity index (χ1v) is 7.87. The SMILES string of the molecule is COc1cc(C2NC(=S)NC(C)=C2C(C)=O)ccc1OCC(=O)NN. The standard InChI is InChI=1S/C16H20N4O4S/c1-8-14(9(2)21)15(19-16(25)18-8)10-4-5-11(12(6-10)23-3)24-7-13(22)20-17/h4-6,15H,7,17H2,1-3H3,(H,20,22)(H2,18,19,25). The van der Waals surface area contributed by atoms with Crippen LogP contribution in [-0.2, 0) is 9.59 Å². The third-order valence-electron chi connectivity index (χ3n) is 3.69. The van der Waals surface area contributed by atoms with Crippen molar-refractivity contribution in [3.8, 4) is 11.5 Å². The fraction of sp³-hybridized carbons (Fsp3) is 0.312. The van der Waals surface area contributed by atoms with Gasteiger partial charge in [0.2, 0.25) is 0 Å². The largest absolute Gasteiger partial charge is 0.493 e. The summed E-state index contributed by atoms with van der Waals surface area (Å²) in [6.45, 7) is 3.07. The molecule has 0 saturated heterocycles. The Morgan fingerprint density at radius 3 is 2.68 bits per heavy atom. The van der Waals surface area contributed by atoms with E-state index in [0.717, 1.165) is 5.56 Å². The third kappa shape index (κ3) is 4.25. The van der Waals surface area contributed by atoms with Gasteiger partial charge in [-0.05, 0) is 43.8 Å². The number of nitrogens with one attached hydrogen (secondary N) is 3. The molecule has 1 amide bonds. The maximum Gasteiger partial charge on any atom is 0.271 e. The van der Waals surface area contributed by atoms with Gasteiger partial charge in [0.1, 0.15) is 0 Å². The number of carbonyl (C=O) groups excluding carboxylic acids is 2. The fourth-order valence-electron chi connectivity index (χ4n) is 2.58. The molecule has 1 aromatic rings. The molecule has 0 aromatic heterocycles. The van der Waals surface area contributed by atoms with Gasteiger partial charge in [0.05, 0.1) is 13.2 Å². The number of rotatable bonds is 6. The highest BCUT2D eigenvalue weighted by molar-refractivity contribution is 7.80. The average molecular weight is 364 g/mol. The van der Waals surface area contributed by atoms with Crippen molar-refractivity contribution >= 4 is 29.0 Å². The van der Waals surface area contributed by atoms with E-state index in [2.05, 4.69) is 10.6 Å². The Morgan fingerprint density at radius 1 is 1.36 bits per heavy atom. The number of Topliss-reactive ketones (excluding diaryl/α,β-unsaturated/α-hetero) is 1. The second-order valence-electron chi connectivity index (χ2n) is 5.39. The molecule has 8 nitrogen and oxygen atoms in total. The van der Waals surface area contributed by atoms with E-state index in [1.54, 1.807) is 25.1 Å². The molecule has 1 aliphatic heterocycles. The average Bonchev–Trinajstić information content (AvgIpc) is 2.58. The molecule has 134 valence electrons. The van der Waals surface area contributed by atoms with Crippen LogP contribution < -0.4 is 31.4 Å². The minimum atomic E-state index is -0.464. The Morgan fingerprint density at radius 2 is 2.08 bits per heavy atom. The molecular weight excluding hydrogens is 344 g/mol. The Balaban J connectivity index is 2.35. The summed E-state index contributed by atoms with van der Waals surface area (Å²) < 4.78 is 10.7. The zero-order valence-corrected chi connectivity index (χ0v) is 15.0. The van der Waals surface area contributed by atoms with Crippen molar-refractivity contribution in [2.24, 2.45) is 5.84 Å². The van der Waals surface area contributed by atoms with Crippen molar-refractivity contribution in [3.63, 3.8) is 0 Å². The van der Waals surface area contributed by atoms with Gasteiger partial charge in [-0.25, -0.2) is 5.84 Å². The second-order valence-corrected chi connectivity index (χ2v) is 5.80. The molecule has 0 saturated carbocycles. The monoisotopic (exact) mass is 364 g/mol. The summed E-state index contributed by atoms with van der Waals surface area (Å²) >= 11 is 5.19. The number of ether oxygens (including phenoxy) is 2. The minimum absolute atomic E-state index is 0.0658. The van der Waals surface area contributed by atoms with Gasteiger partial charge in [0, 0.05) is 11.3 Å². The van der Waals surface area contributed by atoms with E-state index in [-0.39, 0.29) is 12.4 Å². The van der Waals surface area contributed by atoms with E-state index in [1.165, 1.54) is 14.0 Å².